The van der Waals surface area contributed by atoms with Crippen LogP contribution in [0.25, 0.3) is 11.5 Å². The number of hydrogen-bond acceptors (Lipinski definition) is 7. The van der Waals surface area contributed by atoms with E-state index in [0.29, 0.717) is 28.8 Å². The molecule has 0 aliphatic carbocycles. The summed E-state index contributed by atoms with van der Waals surface area (Å²) in [5.74, 6) is 1.99. The predicted octanol–water partition coefficient (Wildman–Crippen LogP) is 1.57. The normalized spacial score (nSPS) is 13.8. The van der Waals surface area contributed by atoms with Gasteiger partial charge in [-0.3, -0.25) is 0 Å². The largest absolute Gasteiger partial charge is 0.497 e. The molecule has 1 atom stereocenters. The molecule has 2 aromatic rings. The molecule has 0 aliphatic heterocycles. The second kappa shape index (κ2) is 6.11. The van der Waals surface area contributed by atoms with Gasteiger partial charge in [-0.1, -0.05) is 5.16 Å². The predicted molar refractivity (Wildman–Crippen MR) is 76.3 cm³/mol. The van der Waals surface area contributed by atoms with Gasteiger partial charge in [-0.25, -0.2) is 0 Å². The van der Waals surface area contributed by atoms with E-state index in [1.165, 1.54) is 0 Å². The molecule has 1 heterocycles. The molecular weight excluding hydrogens is 274 g/mol. The summed E-state index contributed by atoms with van der Waals surface area (Å²) in [6.07, 6.45) is 0. The van der Waals surface area contributed by atoms with Crippen LogP contribution in [0.2, 0.25) is 0 Å². The van der Waals surface area contributed by atoms with Gasteiger partial charge in [-0.05, 0) is 19.1 Å². The third-order valence-electron chi connectivity index (χ3n) is 2.98. The minimum Gasteiger partial charge on any atom is -0.497 e. The third-order valence-corrected chi connectivity index (χ3v) is 2.98. The van der Waals surface area contributed by atoms with Crippen molar-refractivity contribution >= 4 is 0 Å². The lowest BCUT2D eigenvalue weighted by atomic mass is 10.1. The Bertz CT molecular complexity index is 588. The monoisotopic (exact) mass is 293 g/mol. The van der Waals surface area contributed by atoms with Crippen molar-refractivity contribution in [1.29, 1.82) is 0 Å². The van der Waals surface area contributed by atoms with Crippen LogP contribution in [0.3, 0.4) is 0 Å². The van der Waals surface area contributed by atoms with Crippen molar-refractivity contribution < 1.29 is 18.7 Å². The van der Waals surface area contributed by atoms with Crippen LogP contribution < -0.4 is 15.2 Å². The zero-order valence-corrected chi connectivity index (χ0v) is 12.5. The standard InChI is InChI=1S/C14H19N3O4/c1-14(15,8-18-2)13-16-12(21-17-13)9-5-10(19-3)7-11(6-9)20-4/h5-7H,8,15H2,1-4H3. The van der Waals surface area contributed by atoms with Crippen molar-refractivity contribution in [2.24, 2.45) is 5.73 Å². The Hall–Kier alpha value is -2.12. The summed E-state index contributed by atoms with van der Waals surface area (Å²) in [7, 11) is 4.72. The van der Waals surface area contributed by atoms with Gasteiger partial charge >= 0.3 is 0 Å². The van der Waals surface area contributed by atoms with Crippen molar-refractivity contribution in [3.8, 4) is 23.0 Å². The Morgan fingerprint density at radius 1 is 1.14 bits per heavy atom. The summed E-state index contributed by atoms with van der Waals surface area (Å²) in [4.78, 5) is 4.33. The van der Waals surface area contributed by atoms with Crippen molar-refractivity contribution in [2.75, 3.05) is 27.9 Å². The molecule has 0 saturated heterocycles. The number of ether oxygens (including phenoxy) is 3. The highest BCUT2D eigenvalue weighted by atomic mass is 16.5. The summed E-state index contributed by atoms with van der Waals surface area (Å²) in [5.41, 5.74) is 5.97. The maximum atomic E-state index is 6.09. The molecule has 7 nitrogen and oxygen atoms in total. The maximum Gasteiger partial charge on any atom is 0.258 e. The van der Waals surface area contributed by atoms with Crippen LogP contribution in [0.15, 0.2) is 22.7 Å². The topological polar surface area (TPSA) is 92.6 Å². The van der Waals surface area contributed by atoms with E-state index in [2.05, 4.69) is 10.1 Å². The van der Waals surface area contributed by atoms with E-state index in [0.717, 1.165) is 0 Å². The lowest BCUT2D eigenvalue weighted by Gasteiger charge is -2.18. The Labute approximate surface area is 123 Å². The molecule has 7 heteroatoms. The number of benzene rings is 1. The van der Waals surface area contributed by atoms with Crippen molar-refractivity contribution in [2.45, 2.75) is 12.5 Å². The average molecular weight is 293 g/mol. The van der Waals surface area contributed by atoms with Crippen molar-refractivity contribution in [3.63, 3.8) is 0 Å². The van der Waals surface area contributed by atoms with Gasteiger partial charge in [-0.2, -0.15) is 4.98 Å². The minimum atomic E-state index is -0.820. The molecule has 2 rings (SSSR count). The molecule has 0 aliphatic rings. The van der Waals surface area contributed by atoms with E-state index in [1.54, 1.807) is 46.5 Å². The molecule has 0 spiro atoms. The van der Waals surface area contributed by atoms with Gasteiger partial charge < -0.3 is 24.5 Å². The Morgan fingerprint density at radius 3 is 2.29 bits per heavy atom. The molecule has 0 radical (unpaired) electrons. The second-order valence-corrected chi connectivity index (χ2v) is 4.87. The lowest BCUT2D eigenvalue weighted by Crippen LogP contribution is -2.38. The van der Waals surface area contributed by atoms with Crippen LogP contribution >= 0.6 is 0 Å². The quantitative estimate of drug-likeness (QED) is 0.864. The molecule has 114 valence electrons. The fraction of sp³-hybridized carbons (Fsp3) is 0.429. The molecule has 21 heavy (non-hydrogen) atoms. The van der Waals surface area contributed by atoms with E-state index in [1.807, 2.05) is 0 Å². The first-order chi connectivity index (χ1) is 10.00. The van der Waals surface area contributed by atoms with E-state index in [-0.39, 0.29) is 6.61 Å². The molecule has 0 amide bonds. The zero-order chi connectivity index (χ0) is 15.5. The highest BCUT2D eigenvalue weighted by molar-refractivity contribution is 5.59. The number of methoxy groups -OCH3 is 3. The van der Waals surface area contributed by atoms with Crippen molar-refractivity contribution in [3.05, 3.63) is 24.0 Å². The number of aromatic nitrogens is 2. The second-order valence-electron chi connectivity index (χ2n) is 4.87. The molecule has 1 unspecified atom stereocenters. The van der Waals surface area contributed by atoms with Crippen LogP contribution in [0.1, 0.15) is 12.7 Å². The summed E-state index contributed by atoms with van der Waals surface area (Å²) in [6, 6.07) is 5.33. The van der Waals surface area contributed by atoms with Crippen LogP contribution in [0.5, 0.6) is 11.5 Å². The van der Waals surface area contributed by atoms with E-state index >= 15 is 0 Å². The first-order valence-electron chi connectivity index (χ1n) is 6.35. The van der Waals surface area contributed by atoms with Gasteiger partial charge in [0.1, 0.15) is 17.0 Å². The number of rotatable bonds is 6. The fourth-order valence-corrected chi connectivity index (χ4v) is 1.87. The van der Waals surface area contributed by atoms with Crippen LogP contribution in [-0.2, 0) is 10.3 Å². The first kappa shape index (κ1) is 15.3. The molecular formula is C14H19N3O4. The van der Waals surface area contributed by atoms with E-state index < -0.39 is 5.54 Å². The van der Waals surface area contributed by atoms with Gasteiger partial charge in [0.15, 0.2) is 5.82 Å². The van der Waals surface area contributed by atoms with Gasteiger partial charge in [0.25, 0.3) is 5.89 Å². The van der Waals surface area contributed by atoms with Gasteiger partial charge in [0.05, 0.1) is 20.8 Å². The Morgan fingerprint density at radius 2 is 1.76 bits per heavy atom. The summed E-state index contributed by atoms with van der Waals surface area (Å²) in [5, 5.41) is 3.92. The highest BCUT2D eigenvalue weighted by Gasteiger charge is 2.28. The summed E-state index contributed by atoms with van der Waals surface area (Å²) < 4.78 is 20.8. The van der Waals surface area contributed by atoms with Gasteiger partial charge in [-0.15, -0.1) is 0 Å². The first-order valence-corrected chi connectivity index (χ1v) is 6.35. The number of nitrogens with two attached hydrogens (primary N) is 1. The average Bonchev–Trinajstić information content (AvgIpc) is 2.97. The SMILES string of the molecule is COCC(C)(N)c1noc(-c2cc(OC)cc(OC)c2)n1. The van der Waals surface area contributed by atoms with Crippen LogP contribution in [-0.4, -0.2) is 38.1 Å². The molecule has 0 fully saturated rings. The Kier molecular flexibility index (Phi) is 4.44. The van der Waals surface area contributed by atoms with E-state index in [9.17, 15) is 0 Å². The molecule has 1 aromatic carbocycles. The Balaban J connectivity index is 2.37. The smallest absolute Gasteiger partial charge is 0.258 e. The van der Waals surface area contributed by atoms with Crippen LogP contribution in [0, 0.1) is 0 Å². The van der Waals surface area contributed by atoms with Crippen molar-refractivity contribution in [1.82, 2.24) is 10.1 Å². The highest BCUT2D eigenvalue weighted by Crippen LogP contribution is 2.29. The number of nitrogens with zero attached hydrogens (tertiary/aromatic N) is 2. The zero-order valence-electron chi connectivity index (χ0n) is 12.5. The van der Waals surface area contributed by atoms with E-state index in [4.69, 9.17) is 24.5 Å². The van der Waals surface area contributed by atoms with Gasteiger partial charge in [0.2, 0.25) is 0 Å². The summed E-state index contributed by atoms with van der Waals surface area (Å²) in [6.45, 7) is 2.06. The van der Waals surface area contributed by atoms with Gasteiger partial charge in [0, 0.05) is 18.7 Å². The lowest BCUT2D eigenvalue weighted by molar-refractivity contribution is 0.135. The van der Waals surface area contributed by atoms with Crippen LogP contribution in [0.4, 0.5) is 0 Å². The molecule has 0 bridgehead atoms. The molecule has 1 aromatic heterocycles. The fourth-order valence-electron chi connectivity index (χ4n) is 1.87. The number of hydrogen-bond donors (Lipinski definition) is 1. The molecule has 0 saturated carbocycles. The maximum absolute atomic E-state index is 6.09. The minimum absolute atomic E-state index is 0.285. The third kappa shape index (κ3) is 3.32. The summed E-state index contributed by atoms with van der Waals surface area (Å²) >= 11 is 0. The molecule has 2 N–H and O–H groups in total.